The highest BCUT2D eigenvalue weighted by atomic mass is 35.5. The number of aromatic nitrogens is 2. The van der Waals surface area contributed by atoms with Crippen LogP contribution in [0.3, 0.4) is 0 Å². The summed E-state index contributed by atoms with van der Waals surface area (Å²) in [5.74, 6) is -0.222. The van der Waals surface area contributed by atoms with Crippen molar-refractivity contribution >= 4 is 29.5 Å². The first-order valence-corrected chi connectivity index (χ1v) is 10.8. The van der Waals surface area contributed by atoms with Crippen molar-refractivity contribution in [2.24, 2.45) is 0 Å². The Bertz CT molecular complexity index is 929. The maximum absolute atomic E-state index is 12.1. The van der Waals surface area contributed by atoms with Crippen molar-refractivity contribution in [3.05, 3.63) is 57.9 Å². The number of hydrogen-bond donors (Lipinski definition) is 2. The molecule has 1 aliphatic carbocycles. The van der Waals surface area contributed by atoms with E-state index in [9.17, 15) is 9.59 Å². The normalized spacial score (nSPS) is 14.4. The van der Waals surface area contributed by atoms with Gasteiger partial charge in [0, 0.05) is 41.4 Å². The Balaban J connectivity index is 1.51. The van der Waals surface area contributed by atoms with E-state index < -0.39 is 0 Å². The number of halogens is 1. The van der Waals surface area contributed by atoms with Gasteiger partial charge in [0.15, 0.2) is 0 Å². The Labute approximate surface area is 182 Å². The van der Waals surface area contributed by atoms with E-state index in [4.69, 9.17) is 11.6 Å². The summed E-state index contributed by atoms with van der Waals surface area (Å²) in [4.78, 5) is 24.1. The van der Waals surface area contributed by atoms with E-state index >= 15 is 0 Å². The minimum absolute atomic E-state index is 0.00119. The third-order valence-electron chi connectivity index (χ3n) is 5.49. The second-order valence-corrected chi connectivity index (χ2v) is 8.16. The molecule has 0 saturated heterocycles. The van der Waals surface area contributed by atoms with Gasteiger partial charge in [-0.1, -0.05) is 42.6 Å². The number of nitrogens with zero attached hydrogens (tertiary/aromatic N) is 2. The maximum Gasteiger partial charge on any atom is 0.244 e. The summed E-state index contributed by atoms with van der Waals surface area (Å²) in [6.45, 7) is 4.79. The van der Waals surface area contributed by atoms with Gasteiger partial charge in [0.05, 0.1) is 12.2 Å². The molecule has 1 heterocycles. The summed E-state index contributed by atoms with van der Waals surface area (Å²) >= 11 is 6.26. The van der Waals surface area contributed by atoms with Gasteiger partial charge in [-0.05, 0) is 44.4 Å². The second kappa shape index (κ2) is 10.4. The molecular formula is C23H29ClN4O2. The Morgan fingerprint density at radius 1 is 1.23 bits per heavy atom. The van der Waals surface area contributed by atoms with E-state index in [1.165, 1.54) is 18.9 Å². The van der Waals surface area contributed by atoms with Gasteiger partial charge in [-0.3, -0.25) is 14.3 Å². The smallest absolute Gasteiger partial charge is 0.244 e. The summed E-state index contributed by atoms with van der Waals surface area (Å²) < 4.78 is 1.89. The van der Waals surface area contributed by atoms with Gasteiger partial charge in [-0.2, -0.15) is 5.10 Å². The van der Waals surface area contributed by atoms with Crippen LogP contribution >= 0.6 is 11.6 Å². The van der Waals surface area contributed by atoms with Crippen LogP contribution in [0.1, 0.15) is 54.6 Å². The molecule has 2 aromatic rings. The van der Waals surface area contributed by atoms with Crippen LogP contribution in [-0.4, -0.2) is 34.2 Å². The number of aryl methyl sites for hydroxylation is 1. The van der Waals surface area contributed by atoms with Gasteiger partial charge in [-0.15, -0.1) is 0 Å². The monoisotopic (exact) mass is 428 g/mol. The number of benzene rings is 1. The average molecular weight is 429 g/mol. The maximum atomic E-state index is 12.1. The molecule has 0 atom stereocenters. The lowest BCUT2D eigenvalue weighted by Crippen LogP contribution is -2.35. The van der Waals surface area contributed by atoms with Crippen molar-refractivity contribution in [1.82, 2.24) is 20.4 Å². The molecule has 0 aliphatic heterocycles. The highest BCUT2D eigenvalue weighted by molar-refractivity contribution is 6.31. The number of carbonyl (C=O) groups excluding carboxylic acids is 2. The van der Waals surface area contributed by atoms with Crippen LogP contribution in [0, 0.1) is 13.8 Å². The van der Waals surface area contributed by atoms with Crippen LogP contribution < -0.4 is 10.6 Å². The first-order valence-electron chi connectivity index (χ1n) is 10.5. The lowest BCUT2D eigenvalue weighted by molar-refractivity contribution is -0.121. The van der Waals surface area contributed by atoms with Gasteiger partial charge >= 0.3 is 0 Å². The van der Waals surface area contributed by atoms with Crippen molar-refractivity contribution in [2.75, 3.05) is 6.54 Å². The molecule has 1 aromatic carbocycles. The summed E-state index contributed by atoms with van der Waals surface area (Å²) in [6.07, 6.45) is 8.04. The molecule has 1 aliphatic rings. The van der Waals surface area contributed by atoms with E-state index in [1.807, 2.05) is 42.8 Å². The highest BCUT2D eigenvalue weighted by Gasteiger charge is 2.16. The van der Waals surface area contributed by atoms with Gasteiger partial charge in [-0.25, -0.2) is 0 Å². The Morgan fingerprint density at radius 2 is 1.97 bits per heavy atom. The lowest BCUT2D eigenvalue weighted by atomic mass is 10.1. The number of nitrogens with one attached hydrogen (secondary N) is 2. The molecule has 7 heteroatoms. The number of amides is 2. The Hall–Kier alpha value is -2.60. The van der Waals surface area contributed by atoms with Crippen LogP contribution in [0.15, 0.2) is 30.3 Å². The summed E-state index contributed by atoms with van der Waals surface area (Å²) in [7, 11) is 0. The van der Waals surface area contributed by atoms with E-state index in [1.54, 1.807) is 6.08 Å². The SMILES string of the molecule is Cc1nn(Cc2ccccc2Cl)c(C)c1C=CC(=O)NCCC(=O)NC1CCCC1. The van der Waals surface area contributed by atoms with E-state index in [0.29, 0.717) is 30.6 Å². The lowest BCUT2D eigenvalue weighted by Gasteiger charge is -2.11. The first-order chi connectivity index (χ1) is 14.4. The molecule has 1 fully saturated rings. The average Bonchev–Trinajstić information content (AvgIpc) is 3.30. The molecular weight excluding hydrogens is 400 g/mol. The van der Waals surface area contributed by atoms with Gasteiger partial charge < -0.3 is 10.6 Å². The van der Waals surface area contributed by atoms with E-state index in [-0.39, 0.29) is 11.8 Å². The van der Waals surface area contributed by atoms with Gasteiger partial charge in [0.25, 0.3) is 0 Å². The zero-order valence-corrected chi connectivity index (χ0v) is 18.3. The molecule has 2 N–H and O–H groups in total. The molecule has 2 amide bonds. The zero-order chi connectivity index (χ0) is 21.5. The van der Waals surface area contributed by atoms with Crippen LogP contribution in [0.4, 0.5) is 0 Å². The molecule has 0 bridgehead atoms. The fourth-order valence-corrected chi connectivity index (χ4v) is 3.98. The predicted octanol–water partition coefficient (Wildman–Crippen LogP) is 3.78. The minimum Gasteiger partial charge on any atom is -0.353 e. The van der Waals surface area contributed by atoms with E-state index in [2.05, 4.69) is 15.7 Å². The Morgan fingerprint density at radius 3 is 2.70 bits per heavy atom. The third kappa shape index (κ3) is 5.95. The molecule has 160 valence electrons. The van der Waals surface area contributed by atoms with Gasteiger partial charge in [0.2, 0.25) is 11.8 Å². The topological polar surface area (TPSA) is 76.0 Å². The van der Waals surface area contributed by atoms with E-state index in [0.717, 1.165) is 35.4 Å². The van der Waals surface area contributed by atoms with Crippen LogP contribution in [0.25, 0.3) is 6.08 Å². The molecule has 0 radical (unpaired) electrons. The van der Waals surface area contributed by atoms with Crippen molar-refractivity contribution < 1.29 is 9.59 Å². The van der Waals surface area contributed by atoms with Crippen molar-refractivity contribution in [3.8, 4) is 0 Å². The highest BCUT2D eigenvalue weighted by Crippen LogP contribution is 2.20. The van der Waals surface area contributed by atoms with Crippen LogP contribution in [-0.2, 0) is 16.1 Å². The summed E-state index contributed by atoms with van der Waals surface area (Å²) in [5, 5.41) is 11.1. The third-order valence-corrected chi connectivity index (χ3v) is 5.86. The predicted molar refractivity (Wildman–Crippen MR) is 119 cm³/mol. The number of hydrogen-bond acceptors (Lipinski definition) is 3. The molecule has 1 saturated carbocycles. The van der Waals surface area contributed by atoms with Crippen LogP contribution in [0.5, 0.6) is 0 Å². The molecule has 30 heavy (non-hydrogen) atoms. The Kier molecular flexibility index (Phi) is 7.69. The molecule has 3 rings (SSSR count). The molecule has 0 unspecified atom stereocenters. The summed E-state index contributed by atoms with van der Waals surface area (Å²) in [6, 6.07) is 8.00. The van der Waals surface area contributed by atoms with Crippen molar-refractivity contribution in [1.29, 1.82) is 0 Å². The standard InChI is InChI=1S/C23H29ClN4O2/c1-16-20(17(2)28(27-16)15-18-7-3-6-10-21(18)24)11-12-22(29)25-14-13-23(30)26-19-8-4-5-9-19/h3,6-7,10-12,19H,4-5,8-9,13-15H2,1-2H3,(H,25,29)(H,26,30). The molecule has 1 aromatic heterocycles. The molecule has 0 spiro atoms. The quantitative estimate of drug-likeness (QED) is 0.628. The van der Waals surface area contributed by atoms with Crippen LogP contribution in [0.2, 0.25) is 5.02 Å². The second-order valence-electron chi connectivity index (χ2n) is 7.76. The molecule has 6 nitrogen and oxygen atoms in total. The number of rotatable bonds is 8. The minimum atomic E-state index is -0.221. The summed E-state index contributed by atoms with van der Waals surface area (Å²) in [5.41, 5.74) is 3.72. The fraction of sp³-hybridized carbons (Fsp3) is 0.435. The van der Waals surface area contributed by atoms with Gasteiger partial charge in [0.1, 0.15) is 0 Å². The largest absolute Gasteiger partial charge is 0.353 e. The fourth-order valence-electron chi connectivity index (χ4n) is 3.78. The van der Waals surface area contributed by atoms with Crippen molar-refractivity contribution in [3.63, 3.8) is 0 Å². The first kappa shape index (κ1) is 22.1. The van der Waals surface area contributed by atoms with Crippen molar-refractivity contribution in [2.45, 2.75) is 58.5 Å². The number of carbonyl (C=O) groups is 2. The zero-order valence-electron chi connectivity index (χ0n) is 17.6.